The van der Waals surface area contributed by atoms with Crippen LogP contribution in [0.25, 0.3) is 0 Å². The fourth-order valence-electron chi connectivity index (χ4n) is 2.00. The minimum atomic E-state index is 0.412. The first kappa shape index (κ1) is 11.0. The van der Waals surface area contributed by atoms with E-state index in [0.29, 0.717) is 5.38 Å². The third-order valence-electron chi connectivity index (χ3n) is 3.24. The number of rotatable bonds is 5. The van der Waals surface area contributed by atoms with Gasteiger partial charge in [-0.3, -0.25) is 0 Å². The molecular weight excluding hydrogens is 204 g/mol. The van der Waals surface area contributed by atoms with Gasteiger partial charge in [0.1, 0.15) is 0 Å². The highest BCUT2D eigenvalue weighted by Crippen LogP contribution is 2.37. The van der Waals surface area contributed by atoms with Crippen molar-refractivity contribution in [3.05, 3.63) is 35.4 Å². The second-order valence-corrected chi connectivity index (χ2v) is 5.13. The summed E-state index contributed by atoms with van der Waals surface area (Å²) in [7, 11) is 0. The molecule has 1 aromatic rings. The molecule has 0 nitrogen and oxygen atoms in total. The van der Waals surface area contributed by atoms with Gasteiger partial charge in [0.05, 0.1) is 0 Å². The second-order valence-electron chi connectivity index (χ2n) is 4.57. The number of hydrogen-bond acceptors (Lipinski definition) is 0. The van der Waals surface area contributed by atoms with E-state index < -0.39 is 0 Å². The van der Waals surface area contributed by atoms with E-state index in [-0.39, 0.29) is 0 Å². The molecule has 15 heavy (non-hydrogen) atoms. The molecule has 1 aromatic carbocycles. The molecule has 0 bridgehead atoms. The molecule has 0 amide bonds. The van der Waals surface area contributed by atoms with Crippen LogP contribution >= 0.6 is 11.6 Å². The maximum absolute atomic E-state index is 6.30. The van der Waals surface area contributed by atoms with Gasteiger partial charge < -0.3 is 0 Å². The molecule has 0 spiro atoms. The second kappa shape index (κ2) is 5.03. The summed E-state index contributed by atoms with van der Waals surface area (Å²) in [6.45, 7) is 2.20. The van der Waals surface area contributed by atoms with E-state index in [1.807, 2.05) is 0 Å². The Morgan fingerprint density at radius 2 is 2.07 bits per heavy atom. The van der Waals surface area contributed by atoms with Crippen LogP contribution in [-0.4, -0.2) is 5.38 Å². The van der Waals surface area contributed by atoms with E-state index in [2.05, 4.69) is 31.2 Å². The van der Waals surface area contributed by atoms with Gasteiger partial charge in [0.2, 0.25) is 0 Å². The summed E-state index contributed by atoms with van der Waals surface area (Å²) in [5, 5.41) is 0.412. The van der Waals surface area contributed by atoms with Crippen molar-refractivity contribution in [3.8, 4) is 0 Å². The van der Waals surface area contributed by atoms with Crippen LogP contribution in [0.3, 0.4) is 0 Å². The summed E-state index contributed by atoms with van der Waals surface area (Å²) < 4.78 is 0. The smallest absolute Gasteiger partial charge is 0.0367 e. The Labute approximate surface area is 97.6 Å². The lowest BCUT2D eigenvalue weighted by atomic mass is 10.0. The van der Waals surface area contributed by atoms with Gasteiger partial charge in [-0.05, 0) is 49.1 Å². The lowest BCUT2D eigenvalue weighted by molar-refractivity contribution is 0.676. The summed E-state index contributed by atoms with van der Waals surface area (Å²) in [4.78, 5) is 0. The molecule has 1 saturated carbocycles. The molecule has 0 heterocycles. The number of aryl methyl sites for hydroxylation is 2. The van der Waals surface area contributed by atoms with Gasteiger partial charge in [0.25, 0.3) is 0 Å². The van der Waals surface area contributed by atoms with E-state index >= 15 is 0 Å². The molecular formula is C14H19Cl. The van der Waals surface area contributed by atoms with Crippen molar-refractivity contribution >= 4 is 11.6 Å². The number of hydrogen-bond donors (Lipinski definition) is 0. The highest BCUT2D eigenvalue weighted by atomic mass is 35.5. The summed E-state index contributed by atoms with van der Waals surface area (Å²) in [6.07, 6.45) is 6.10. The molecule has 1 fully saturated rings. The molecule has 1 aliphatic rings. The topological polar surface area (TPSA) is 0 Å². The quantitative estimate of drug-likeness (QED) is 0.656. The highest BCUT2D eigenvalue weighted by molar-refractivity contribution is 6.20. The van der Waals surface area contributed by atoms with Crippen LogP contribution in [0, 0.1) is 5.92 Å². The van der Waals surface area contributed by atoms with Crippen LogP contribution in [0.15, 0.2) is 24.3 Å². The van der Waals surface area contributed by atoms with Gasteiger partial charge in [0.15, 0.2) is 0 Å². The van der Waals surface area contributed by atoms with Crippen LogP contribution in [0.4, 0.5) is 0 Å². The van der Waals surface area contributed by atoms with Crippen LogP contribution in [0.2, 0.25) is 0 Å². The Hall–Kier alpha value is -0.490. The lowest BCUT2D eigenvalue weighted by Crippen LogP contribution is -2.03. The maximum Gasteiger partial charge on any atom is 0.0367 e. The van der Waals surface area contributed by atoms with Crippen molar-refractivity contribution in [2.75, 3.05) is 0 Å². The van der Waals surface area contributed by atoms with E-state index in [1.165, 1.54) is 24.0 Å². The first-order valence-corrected chi connectivity index (χ1v) is 6.45. The van der Waals surface area contributed by atoms with Gasteiger partial charge >= 0.3 is 0 Å². The zero-order valence-corrected chi connectivity index (χ0v) is 10.1. The Morgan fingerprint density at radius 3 is 2.73 bits per heavy atom. The van der Waals surface area contributed by atoms with Gasteiger partial charge in [-0.25, -0.2) is 0 Å². The molecule has 1 atom stereocenters. The number of halogens is 1. The van der Waals surface area contributed by atoms with Crippen LogP contribution in [0.1, 0.15) is 37.3 Å². The Balaban J connectivity index is 1.86. The predicted octanol–water partition coefficient (Wildman–Crippen LogP) is 4.20. The molecule has 0 aliphatic heterocycles. The summed E-state index contributed by atoms with van der Waals surface area (Å²) in [6, 6.07) is 8.89. The van der Waals surface area contributed by atoms with Crippen molar-refractivity contribution in [2.45, 2.75) is 44.4 Å². The van der Waals surface area contributed by atoms with Gasteiger partial charge in [-0.2, -0.15) is 0 Å². The molecule has 0 radical (unpaired) electrons. The average molecular weight is 223 g/mol. The molecule has 2 rings (SSSR count). The molecule has 1 aliphatic carbocycles. The Morgan fingerprint density at radius 1 is 1.33 bits per heavy atom. The zero-order chi connectivity index (χ0) is 10.7. The normalized spacial score (nSPS) is 17.7. The SMILES string of the molecule is CCc1cccc(CCC(Cl)C2CC2)c1. The van der Waals surface area contributed by atoms with E-state index in [4.69, 9.17) is 11.6 Å². The molecule has 0 N–H and O–H groups in total. The van der Waals surface area contributed by atoms with E-state index in [9.17, 15) is 0 Å². The number of benzene rings is 1. The minimum absolute atomic E-state index is 0.412. The Bertz CT molecular complexity index is 315. The fraction of sp³-hybridized carbons (Fsp3) is 0.571. The van der Waals surface area contributed by atoms with Crippen molar-refractivity contribution < 1.29 is 0 Å². The van der Waals surface area contributed by atoms with Gasteiger partial charge in [-0.1, -0.05) is 31.2 Å². The standard InChI is InChI=1S/C14H19Cl/c1-2-11-4-3-5-12(10-11)6-9-14(15)13-7-8-13/h3-5,10,13-14H,2,6-9H2,1H3. The monoisotopic (exact) mass is 222 g/mol. The highest BCUT2D eigenvalue weighted by Gasteiger charge is 2.29. The maximum atomic E-state index is 6.30. The van der Waals surface area contributed by atoms with Crippen molar-refractivity contribution in [1.82, 2.24) is 0 Å². The first-order chi connectivity index (χ1) is 7.29. The Kier molecular flexibility index (Phi) is 3.69. The largest absolute Gasteiger partial charge is 0.123 e. The lowest BCUT2D eigenvalue weighted by Gasteiger charge is -2.08. The van der Waals surface area contributed by atoms with Crippen LogP contribution in [-0.2, 0) is 12.8 Å². The van der Waals surface area contributed by atoms with E-state index in [0.717, 1.165) is 25.2 Å². The van der Waals surface area contributed by atoms with Crippen LogP contribution < -0.4 is 0 Å². The minimum Gasteiger partial charge on any atom is -0.123 e. The van der Waals surface area contributed by atoms with Crippen molar-refractivity contribution in [3.63, 3.8) is 0 Å². The van der Waals surface area contributed by atoms with Crippen molar-refractivity contribution in [1.29, 1.82) is 0 Å². The first-order valence-electron chi connectivity index (χ1n) is 6.01. The fourth-order valence-corrected chi connectivity index (χ4v) is 2.36. The van der Waals surface area contributed by atoms with Gasteiger partial charge in [-0.15, -0.1) is 11.6 Å². The summed E-state index contributed by atoms with van der Waals surface area (Å²) >= 11 is 6.30. The predicted molar refractivity (Wildman–Crippen MR) is 66.5 cm³/mol. The molecule has 1 heteroatoms. The molecule has 1 unspecified atom stereocenters. The summed E-state index contributed by atoms with van der Waals surface area (Å²) in [5.74, 6) is 0.820. The summed E-state index contributed by atoms with van der Waals surface area (Å²) in [5.41, 5.74) is 2.88. The molecule has 0 aromatic heterocycles. The average Bonchev–Trinajstić information content (AvgIpc) is 3.10. The molecule has 82 valence electrons. The zero-order valence-electron chi connectivity index (χ0n) is 9.38. The van der Waals surface area contributed by atoms with Crippen LogP contribution in [0.5, 0.6) is 0 Å². The molecule has 0 saturated heterocycles. The van der Waals surface area contributed by atoms with Crippen molar-refractivity contribution in [2.24, 2.45) is 5.92 Å². The third-order valence-corrected chi connectivity index (χ3v) is 3.82. The van der Waals surface area contributed by atoms with E-state index in [1.54, 1.807) is 0 Å². The third kappa shape index (κ3) is 3.24. The van der Waals surface area contributed by atoms with Gasteiger partial charge in [0, 0.05) is 5.38 Å². The number of alkyl halides is 1.